The van der Waals surface area contributed by atoms with E-state index in [1.54, 1.807) is 30.1 Å². The normalized spacial score (nSPS) is 20.3. The Labute approximate surface area is 147 Å². The molecule has 2 aromatic rings. The Morgan fingerprint density at radius 1 is 1.28 bits per heavy atom. The van der Waals surface area contributed by atoms with Crippen molar-refractivity contribution in [2.24, 2.45) is 5.92 Å². The summed E-state index contributed by atoms with van der Waals surface area (Å²) in [6.45, 7) is 4.27. The molecule has 0 unspecified atom stereocenters. The highest BCUT2D eigenvalue weighted by atomic mass is 16.5. The van der Waals surface area contributed by atoms with Crippen molar-refractivity contribution in [3.63, 3.8) is 0 Å². The lowest BCUT2D eigenvalue weighted by atomic mass is 9.87. The van der Waals surface area contributed by atoms with Gasteiger partial charge in [0.15, 0.2) is 5.82 Å². The van der Waals surface area contributed by atoms with E-state index in [2.05, 4.69) is 27.5 Å². The molecule has 0 bridgehead atoms. The van der Waals surface area contributed by atoms with Crippen LogP contribution in [0.4, 0.5) is 0 Å². The SMILES string of the molecule is CCc1c(C(=O)NC2CCC(C)CC2)cnn1-c1ccc(OC)nn1. The van der Waals surface area contributed by atoms with Crippen LogP contribution in [-0.2, 0) is 6.42 Å². The second-order valence-electron chi connectivity index (χ2n) is 6.63. The van der Waals surface area contributed by atoms with E-state index in [0.29, 0.717) is 23.7 Å². The molecule has 0 aromatic carbocycles. The van der Waals surface area contributed by atoms with Crippen LogP contribution < -0.4 is 10.1 Å². The summed E-state index contributed by atoms with van der Waals surface area (Å²) in [6, 6.07) is 3.77. The van der Waals surface area contributed by atoms with Gasteiger partial charge < -0.3 is 10.1 Å². The van der Waals surface area contributed by atoms with E-state index in [9.17, 15) is 4.79 Å². The predicted octanol–water partition coefficient (Wildman–Crippen LogP) is 2.54. The summed E-state index contributed by atoms with van der Waals surface area (Å²) in [5.41, 5.74) is 1.44. The zero-order chi connectivity index (χ0) is 17.8. The van der Waals surface area contributed by atoms with Gasteiger partial charge in [0.2, 0.25) is 5.88 Å². The molecule has 1 aliphatic rings. The van der Waals surface area contributed by atoms with Gasteiger partial charge in [-0.05, 0) is 44.1 Å². The number of nitrogens with zero attached hydrogens (tertiary/aromatic N) is 4. The largest absolute Gasteiger partial charge is 0.480 e. The summed E-state index contributed by atoms with van der Waals surface area (Å²) >= 11 is 0. The number of rotatable bonds is 5. The number of hydrogen-bond donors (Lipinski definition) is 1. The number of methoxy groups -OCH3 is 1. The molecule has 1 fully saturated rings. The smallest absolute Gasteiger partial charge is 0.254 e. The van der Waals surface area contributed by atoms with Crippen molar-refractivity contribution in [1.82, 2.24) is 25.3 Å². The Hall–Kier alpha value is -2.44. The van der Waals surface area contributed by atoms with Crippen molar-refractivity contribution < 1.29 is 9.53 Å². The average molecular weight is 343 g/mol. The molecule has 3 rings (SSSR count). The highest BCUT2D eigenvalue weighted by Gasteiger charge is 2.23. The second-order valence-corrected chi connectivity index (χ2v) is 6.63. The van der Waals surface area contributed by atoms with Gasteiger partial charge in [0.05, 0.1) is 24.6 Å². The van der Waals surface area contributed by atoms with Crippen LogP contribution >= 0.6 is 0 Å². The lowest BCUT2D eigenvalue weighted by Gasteiger charge is -2.26. The second kappa shape index (κ2) is 7.63. The van der Waals surface area contributed by atoms with E-state index in [1.807, 2.05) is 6.92 Å². The van der Waals surface area contributed by atoms with Crippen molar-refractivity contribution in [3.05, 3.63) is 29.6 Å². The van der Waals surface area contributed by atoms with E-state index in [-0.39, 0.29) is 11.9 Å². The van der Waals surface area contributed by atoms with Crippen LogP contribution in [0.25, 0.3) is 5.82 Å². The Morgan fingerprint density at radius 3 is 2.64 bits per heavy atom. The van der Waals surface area contributed by atoms with Gasteiger partial charge in [-0.2, -0.15) is 5.10 Å². The first-order chi connectivity index (χ1) is 12.1. The minimum absolute atomic E-state index is 0.0517. The Kier molecular flexibility index (Phi) is 5.31. The quantitative estimate of drug-likeness (QED) is 0.902. The number of hydrogen-bond acceptors (Lipinski definition) is 5. The summed E-state index contributed by atoms with van der Waals surface area (Å²) < 4.78 is 6.70. The van der Waals surface area contributed by atoms with E-state index in [0.717, 1.165) is 24.5 Å². The van der Waals surface area contributed by atoms with Crippen molar-refractivity contribution in [1.29, 1.82) is 0 Å². The molecule has 25 heavy (non-hydrogen) atoms. The number of carbonyl (C=O) groups excluding carboxylic acids is 1. The van der Waals surface area contributed by atoms with Crippen LogP contribution in [0.1, 0.15) is 55.6 Å². The molecule has 0 atom stereocenters. The van der Waals surface area contributed by atoms with Gasteiger partial charge in [0, 0.05) is 12.1 Å². The summed E-state index contributed by atoms with van der Waals surface area (Å²) in [5, 5.41) is 15.6. The van der Waals surface area contributed by atoms with E-state index < -0.39 is 0 Å². The van der Waals surface area contributed by atoms with Crippen molar-refractivity contribution >= 4 is 5.91 Å². The van der Waals surface area contributed by atoms with Gasteiger partial charge in [0.1, 0.15) is 0 Å². The van der Waals surface area contributed by atoms with Crippen LogP contribution in [0.5, 0.6) is 5.88 Å². The van der Waals surface area contributed by atoms with Gasteiger partial charge >= 0.3 is 0 Å². The zero-order valence-corrected chi connectivity index (χ0v) is 15.0. The molecule has 0 aliphatic heterocycles. The molecule has 134 valence electrons. The standard InChI is InChI=1S/C18H25N5O2/c1-4-15-14(18(24)20-13-7-5-12(2)6-8-13)11-19-23(15)16-9-10-17(25-3)22-21-16/h9-13H,4-8H2,1-3H3,(H,20,24). The first kappa shape index (κ1) is 17.4. The number of carbonyl (C=O) groups is 1. The predicted molar refractivity (Wildman–Crippen MR) is 94.0 cm³/mol. The molecule has 7 nitrogen and oxygen atoms in total. The Balaban J connectivity index is 1.77. The summed E-state index contributed by atoms with van der Waals surface area (Å²) in [5.74, 6) is 1.72. The van der Waals surface area contributed by atoms with Crippen molar-refractivity contribution in [2.45, 2.75) is 52.0 Å². The third-order valence-electron chi connectivity index (χ3n) is 4.85. The van der Waals surface area contributed by atoms with Crippen molar-refractivity contribution in [2.75, 3.05) is 7.11 Å². The highest BCUT2D eigenvalue weighted by Crippen LogP contribution is 2.24. The fraction of sp³-hybridized carbons (Fsp3) is 0.556. The third kappa shape index (κ3) is 3.81. The molecule has 2 aromatic heterocycles. The van der Waals surface area contributed by atoms with Crippen LogP contribution in [0.2, 0.25) is 0 Å². The maximum absolute atomic E-state index is 12.7. The minimum atomic E-state index is -0.0517. The fourth-order valence-electron chi connectivity index (χ4n) is 3.30. The molecule has 7 heteroatoms. The molecule has 1 amide bonds. The number of amides is 1. The Morgan fingerprint density at radius 2 is 2.04 bits per heavy atom. The molecular formula is C18H25N5O2. The minimum Gasteiger partial charge on any atom is -0.480 e. The molecule has 0 saturated heterocycles. The Bertz CT molecular complexity index is 718. The topological polar surface area (TPSA) is 81.9 Å². The zero-order valence-electron chi connectivity index (χ0n) is 15.0. The molecule has 1 N–H and O–H groups in total. The van der Waals surface area contributed by atoms with E-state index >= 15 is 0 Å². The number of aromatic nitrogens is 4. The van der Waals surface area contributed by atoms with Gasteiger partial charge in [0.25, 0.3) is 5.91 Å². The first-order valence-electron chi connectivity index (χ1n) is 8.88. The molecule has 0 spiro atoms. The summed E-state index contributed by atoms with van der Waals surface area (Å²) in [4.78, 5) is 12.7. The van der Waals surface area contributed by atoms with Crippen LogP contribution in [0, 0.1) is 5.92 Å². The van der Waals surface area contributed by atoms with Crippen LogP contribution in [-0.4, -0.2) is 39.0 Å². The van der Waals surface area contributed by atoms with Gasteiger partial charge in [-0.3, -0.25) is 4.79 Å². The average Bonchev–Trinajstić information content (AvgIpc) is 3.08. The van der Waals surface area contributed by atoms with Gasteiger partial charge in [-0.1, -0.05) is 13.8 Å². The van der Waals surface area contributed by atoms with Crippen LogP contribution in [0.3, 0.4) is 0 Å². The molecule has 1 saturated carbocycles. The summed E-state index contributed by atoms with van der Waals surface area (Å²) in [6.07, 6.45) is 6.74. The monoisotopic (exact) mass is 343 g/mol. The lowest BCUT2D eigenvalue weighted by molar-refractivity contribution is 0.0922. The third-order valence-corrected chi connectivity index (χ3v) is 4.85. The highest BCUT2D eigenvalue weighted by molar-refractivity contribution is 5.95. The molecule has 1 aliphatic carbocycles. The molecule has 2 heterocycles. The first-order valence-corrected chi connectivity index (χ1v) is 8.88. The number of nitrogens with one attached hydrogen (secondary N) is 1. The number of ether oxygens (including phenoxy) is 1. The maximum Gasteiger partial charge on any atom is 0.254 e. The summed E-state index contributed by atoms with van der Waals surface area (Å²) in [7, 11) is 1.55. The van der Waals surface area contributed by atoms with Gasteiger partial charge in [-0.25, -0.2) is 4.68 Å². The van der Waals surface area contributed by atoms with Crippen LogP contribution in [0.15, 0.2) is 18.3 Å². The molecular weight excluding hydrogens is 318 g/mol. The van der Waals surface area contributed by atoms with Gasteiger partial charge in [-0.15, -0.1) is 10.2 Å². The van der Waals surface area contributed by atoms with E-state index in [1.165, 1.54) is 12.8 Å². The van der Waals surface area contributed by atoms with E-state index in [4.69, 9.17) is 4.74 Å². The maximum atomic E-state index is 12.7. The lowest BCUT2D eigenvalue weighted by Crippen LogP contribution is -2.37. The van der Waals surface area contributed by atoms with Crippen molar-refractivity contribution in [3.8, 4) is 11.7 Å². The molecule has 0 radical (unpaired) electrons. The fourth-order valence-corrected chi connectivity index (χ4v) is 3.30.